The predicted octanol–water partition coefficient (Wildman–Crippen LogP) is 6.43. The predicted molar refractivity (Wildman–Crippen MR) is 216 cm³/mol. The van der Waals surface area contributed by atoms with E-state index in [0.717, 1.165) is 55.1 Å². The molecule has 0 aliphatic carbocycles. The number of hydrogen-bond donors (Lipinski definition) is 0. The highest BCUT2D eigenvalue weighted by atomic mass is 79.9. The minimum Gasteiger partial charge on any atom is -0.872 e. The number of rotatable bonds is 7. The summed E-state index contributed by atoms with van der Waals surface area (Å²) in [5, 5.41) is 14.5. The third-order valence-corrected chi connectivity index (χ3v) is 10.7. The molecule has 1 aromatic heterocycles. The van der Waals surface area contributed by atoms with E-state index < -0.39 is 10.2 Å². The first-order chi connectivity index (χ1) is 27.3. The summed E-state index contributed by atoms with van der Waals surface area (Å²) in [6.07, 6.45) is 4.14. The molecule has 6 aromatic carbocycles. The van der Waals surface area contributed by atoms with Gasteiger partial charge in [0.15, 0.2) is 5.71 Å². The molecule has 7 nitrogen and oxygen atoms in total. The van der Waals surface area contributed by atoms with Gasteiger partial charge in [0.05, 0.1) is 5.41 Å². The van der Waals surface area contributed by atoms with Gasteiger partial charge in [0.25, 0.3) is 0 Å². The minimum absolute atomic E-state index is 0.00243. The lowest BCUT2D eigenvalue weighted by atomic mass is 9.81. The second-order valence-corrected chi connectivity index (χ2v) is 15.8. The number of allylic oxidation sites excluding steroid dienone is 1. The van der Waals surface area contributed by atoms with Gasteiger partial charge in [-0.15, -0.1) is 10.2 Å². The molecule has 9 heteroatoms. The Labute approximate surface area is 342 Å². The number of para-hydroxylation sites is 1. The van der Waals surface area contributed by atoms with Gasteiger partial charge in [-0.25, -0.2) is 18.6 Å². The summed E-state index contributed by atoms with van der Waals surface area (Å²) in [7, 11) is -2.84. The zero-order valence-electron chi connectivity index (χ0n) is 31.4. The number of pyridine rings is 1. The number of hydrogen-bond acceptors (Lipinski definition) is 5. The molecule has 0 spiro atoms. The van der Waals surface area contributed by atoms with E-state index in [1.807, 2.05) is 48.5 Å². The van der Waals surface area contributed by atoms with Crippen molar-refractivity contribution in [2.24, 2.45) is 0 Å². The maximum atomic E-state index is 14.5. The Morgan fingerprint density at radius 3 is 1.58 bits per heavy atom. The van der Waals surface area contributed by atoms with E-state index in [1.165, 1.54) is 11.3 Å². The van der Waals surface area contributed by atoms with Crippen molar-refractivity contribution >= 4 is 33.4 Å². The summed E-state index contributed by atoms with van der Waals surface area (Å²) in [6.45, 7) is 4.50. The van der Waals surface area contributed by atoms with Crippen molar-refractivity contribution in [3.63, 3.8) is 0 Å². The molecule has 8 rings (SSSR count). The number of fused-ring (bicyclic) bond motifs is 1. The summed E-state index contributed by atoms with van der Waals surface area (Å²) in [5.41, 5.74) is 12.9. The second kappa shape index (κ2) is 16.4. The molecule has 0 saturated carbocycles. The molecule has 0 saturated heterocycles. The SMILES string of the molecule is C[N+]1=C(/C=C\c2cc(-[n+]3c(-c4ccccc4)cc(-c4ccc(Br)cc4)cc3-c3ccccc3)cc(-c3ccccc3)c2[O-])C(C)(C)c2ccccc21.[O-][Cl+3]([O-])([O-])[O-]. The van der Waals surface area contributed by atoms with Crippen molar-refractivity contribution in [3.8, 4) is 56.2 Å². The van der Waals surface area contributed by atoms with Crippen LogP contribution in [0.3, 0.4) is 0 Å². The molecule has 0 unspecified atom stereocenters. The molecule has 7 aromatic rings. The van der Waals surface area contributed by atoms with E-state index >= 15 is 0 Å². The van der Waals surface area contributed by atoms with Crippen molar-refractivity contribution in [1.29, 1.82) is 0 Å². The van der Waals surface area contributed by atoms with Crippen LogP contribution in [0.25, 0.3) is 56.5 Å². The van der Waals surface area contributed by atoms with Crippen LogP contribution in [0.5, 0.6) is 5.75 Å². The molecule has 0 N–H and O–H groups in total. The van der Waals surface area contributed by atoms with Gasteiger partial charge in [-0.1, -0.05) is 119 Å². The first-order valence-corrected chi connectivity index (χ1v) is 20.2. The quantitative estimate of drug-likeness (QED) is 0.172. The van der Waals surface area contributed by atoms with Crippen LogP contribution in [-0.4, -0.2) is 17.3 Å². The maximum Gasteiger partial charge on any atom is 0.219 e. The van der Waals surface area contributed by atoms with Gasteiger partial charge in [0.1, 0.15) is 7.05 Å². The fourth-order valence-electron chi connectivity index (χ4n) is 7.52. The van der Waals surface area contributed by atoms with Crippen LogP contribution in [0.15, 0.2) is 174 Å². The Balaban J connectivity index is 0.000000935. The van der Waals surface area contributed by atoms with Crippen molar-refractivity contribution in [3.05, 3.63) is 185 Å². The minimum atomic E-state index is -4.94. The van der Waals surface area contributed by atoms with Gasteiger partial charge < -0.3 is 5.11 Å². The number of aromatic nitrogens is 1. The fraction of sp³-hybridized carbons (Fsp3) is 0.0833. The molecule has 1 aliphatic rings. The lowest BCUT2D eigenvalue weighted by Gasteiger charge is -2.20. The van der Waals surface area contributed by atoms with Gasteiger partial charge in [0, 0.05) is 57.6 Å². The molecule has 57 heavy (non-hydrogen) atoms. The van der Waals surface area contributed by atoms with Crippen LogP contribution >= 0.6 is 15.9 Å². The van der Waals surface area contributed by atoms with Gasteiger partial charge >= 0.3 is 0 Å². The molecule has 0 fully saturated rings. The summed E-state index contributed by atoms with van der Waals surface area (Å²) < 4.78 is 39.6. The van der Waals surface area contributed by atoms with Gasteiger partial charge in [-0.3, -0.25) is 0 Å². The van der Waals surface area contributed by atoms with Crippen LogP contribution in [0.2, 0.25) is 0 Å². The summed E-state index contributed by atoms with van der Waals surface area (Å²) in [5.74, 6) is -0.00243. The van der Waals surface area contributed by atoms with Gasteiger partial charge in [-0.05, 0) is 84.1 Å². The largest absolute Gasteiger partial charge is 0.872 e. The van der Waals surface area contributed by atoms with E-state index in [0.29, 0.717) is 11.1 Å². The normalized spacial score (nSPS) is 13.3. The molecule has 284 valence electrons. The zero-order chi connectivity index (χ0) is 40.3. The lowest BCUT2D eigenvalue weighted by Crippen LogP contribution is -2.68. The lowest BCUT2D eigenvalue weighted by molar-refractivity contribution is -2.00. The van der Waals surface area contributed by atoms with E-state index in [-0.39, 0.29) is 11.2 Å². The fourth-order valence-corrected chi connectivity index (χ4v) is 7.78. The molecule has 2 heterocycles. The van der Waals surface area contributed by atoms with Crippen molar-refractivity contribution in [1.82, 2.24) is 0 Å². The highest BCUT2D eigenvalue weighted by molar-refractivity contribution is 9.10. The van der Waals surface area contributed by atoms with E-state index in [4.69, 9.17) is 18.6 Å². The first-order valence-electron chi connectivity index (χ1n) is 18.2. The Kier molecular flexibility index (Phi) is 11.4. The van der Waals surface area contributed by atoms with Crippen LogP contribution in [0, 0.1) is 10.2 Å². The Hall–Kier alpha value is -5.71. The number of benzene rings is 6. The van der Waals surface area contributed by atoms with Gasteiger partial charge in [0.2, 0.25) is 22.8 Å². The van der Waals surface area contributed by atoms with Crippen molar-refractivity contribution in [2.45, 2.75) is 19.3 Å². The van der Waals surface area contributed by atoms with E-state index in [1.54, 1.807) is 0 Å². The summed E-state index contributed by atoms with van der Waals surface area (Å²) in [6, 6.07) is 56.6. The topological polar surface area (TPSA) is 122 Å². The van der Waals surface area contributed by atoms with Crippen molar-refractivity contribution < 1.29 is 43.1 Å². The van der Waals surface area contributed by atoms with Crippen LogP contribution in [0.1, 0.15) is 25.0 Å². The molecular weight excluding hydrogens is 800 g/mol. The molecule has 0 amide bonds. The average Bonchev–Trinajstić information content (AvgIpc) is 3.41. The van der Waals surface area contributed by atoms with E-state index in [2.05, 4.69) is 173 Å². The second-order valence-electron chi connectivity index (χ2n) is 14.2. The number of nitrogens with zero attached hydrogens (tertiary/aromatic N) is 2. The summed E-state index contributed by atoms with van der Waals surface area (Å²) in [4.78, 5) is 0. The molecule has 0 atom stereocenters. The van der Waals surface area contributed by atoms with Crippen LogP contribution in [0.4, 0.5) is 5.69 Å². The van der Waals surface area contributed by atoms with Gasteiger partial charge in [-0.2, -0.15) is 9.14 Å². The summed E-state index contributed by atoms with van der Waals surface area (Å²) >= 11 is 3.61. The highest BCUT2D eigenvalue weighted by Crippen LogP contribution is 2.40. The third kappa shape index (κ3) is 8.67. The maximum absolute atomic E-state index is 14.5. The van der Waals surface area contributed by atoms with Crippen molar-refractivity contribution in [2.75, 3.05) is 7.05 Å². The van der Waals surface area contributed by atoms with Crippen LogP contribution in [-0.2, 0) is 5.41 Å². The standard InChI is InChI=1S/C48H38BrN2O.ClHO4/c1-48(2)42-21-13-14-22-43(42)50(3)46(48)28-25-37-29-40(32-41(47(37)52)34-15-7-4-8-16-34)51-44(35-17-9-5-10-18-35)30-38(33-23-26-39(49)27-24-33)31-45(51)36-19-11-6-12-20-36;2-1(3,4)5/h4-32H,1-3H3;(H,2,3,4,5)/q+1;/p-1. The Morgan fingerprint density at radius 1 is 0.561 bits per heavy atom. The zero-order valence-corrected chi connectivity index (χ0v) is 33.8. The van der Waals surface area contributed by atoms with E-state index in [9.17, 15) is 5.11 Å². The first kappa shape index (κ1) is 39.5. The molecule has 0 bridgehead atoms. The molecular formula is C48H38BrClN2O5. The number of halogens is 2. The third-order valence-electron chi connectivity index (χ3n) is 10.2. The molecule has 1 aliphatic heterocycles. The van der Waals surface area contributed by atoms with Crippen LogP contribution < -0.4 is 28.3 Å². The average molecular weight is 838 g/mol. The monoisotopic (exact) mass is 836 g/mol. The Bertz CT molecular complexity index is 2540. The highest BCUT2D eigenvalue weighted by Gasteiger charge is 2.42. The molecule has 0 radical (unpaired) electrons. The smallest absolute Gasteiger partial charge is 0.219 e. The Morgan fingerprint density at radius 2 is 1.05 bits per heavy atom.